The van der Waals surface area contributed by atoms with Crippen LogP contribution in [0.2, 0.25) is 0 Å². The van der Waals surface area contributed by atoms with Crippen molar-refractivity contribution in [2.24, 2.45) is 0 Å². The normalized spacial score (nSPS) is 10.2. The molecule has 0 spiro atoms. The first-order chi connectivity index (χ1) is 8.97. The van der Waals surface area contributed by atoms with E-state index in [-0.39, 0.29) is 17.2 Å². The maximum absolute atomic E-state index is 12.0. The highest BCUT2D eigenvalue weighted by Gasteiger charge is 2.14. The minimum absolute atomic E-state index is 0.0569. The van der Waals surface area contributed by atoms with Crippen LogP contribution in [0.4, 0.5) is 5.69 Å². The number of carboxylic acids is 1. The molecule has 19 heavy (non-hydrogen) atoms. The Morgan fingerprint density at radius 1 is 1.32 bits per heavy atom. The van der Waals surface area contributed by atoms with Crippen LogP contribution in [0.5, 0.6) is 0 Å². The van der Waals surface area contributed by atoms with E-state index in [1.165, 1.54) is 17.4 Å². The molecule has 0 bridgehead atoms. The maximum Gasteiger partial charge on any atom is 0.337 e. The van der Waals surface area contributed by atoms with Gasteiger partial charge in [0.15, 0.2) is 0 Å². The number of aromatic carboxylic acids is 1. The third kappa shape index (κ3) is 3.54. The first-order valence-corrected chi connectivity index (χ1v) is 7.81. The minimum atomic E-state index is -1.08. The van der Waals surface area contributed by atoms with Gasteiger partial charge < -0.3 is 10.4 Å². The van der Waals surface area contributed by atoms with E-state index in [0.717, 1.165) is 2.88 Å². The zero-order chi connectivity index (χ0) is 14.0. The fraction of sp³-hybridized carbons (Fsp3) is 0. The van der Waals surface area contributed by atoms with Gasteiger partial charge in [-0.05, 0) is 46.9 Å². The molecule has 4 nitrogen and oxygen atoms in total. The monoisotopic (exact) mass is 451 g/mol. The largest absolute Gasteiger partial charge is 0.478 e. The molecule has 1 aromatic carbocycles. The fourth-order valence-electron chi connectivity index (χ4n) is 1.43. The van der Waals surface area contributed by atoms with Crippen molar-refractivity contribution >= 4 is 67.4 Å². The number of carbonyl (C=O) groups excluding carboxylic acids is 1. The Kier molecular flexibility index (Phi) is 4.58. The van der Waals surface area contributed by atoms with Crippen LogP contribution in [0, 0.1) is 2.88 Å². The average molecular weight is 452 g/mol. The second kappa shape index (κ2) is 6.02. The number of nitrogens with one attached hydrogen (secondary N) is 1. The lowest BCUT2D eigenvalue weighted by molar-refractivity contribution is 0.0698. The molecule has 7 heteroatoms. The molecule has 2 N–H and O–H groups in total. The summed E-state index contributed by atoms with van der Waals surface area (Å²) in [6.07, 6.45) is 0. The van der Waals surface area contributed by atoms with Gasteiger partial charge in [-0.2, -0.15) is 0 Å². The van der Waals surface area contributed by atoms with Crippen molar-refractivity contribution in [2.75, 3.05) is 5.32 Å². The summed E-state index contributed by atoms with van der Waals surface area (Å²) in [6.45, 7) is 0. The van der Waals surface area contributed by atoms with Crippen LogP contribution >= 0.6 is 49.9 Å². The lowest BCUT2D eigenvalue weighted by atomic mass is 10.1. The van der Waals surface area contributed by atoms with Gasteiger partial charge in [0.1, 0.15) is 0 Å². The van der Waals surface area contributed by atoms with Gasteiger partial charge in [0.05, 0.1) is 19.7 Å². The average Bonchev–Trinajstić information content (AvgIpc) is 2.75. The molecule has 2 aromatic rings. The number of hydrogen-bond donors (Lipinski definition) is 2. The summed E-state index contributed by atoms with van der Waals surface area (Å²) in [4.78, 5) is 23.1. The topological polar surface area (TPSA) is 66.4 Å². The summed E-state index contributed by atoms with van der Waals surface area (Å²) in [5.41, 5.74) is 0.847. The highest BCUT2D eigenvalue weighted by atomic mass is 127. The third-order valence-electron chi connectivity index (χ3n) is 2.29. The molecule has 1 amide bonds. The predicted octanol–water partition coefficient (Wildman–Crippen LogP) is 4.07. The van der Waals surface area contributed by atoms with Crippen LogP contribution in [0.1, 0.15) is 20.7 Å². The van der Waals surface area contributed by atoms with E-state index < -0.39 is 5.97 Å². The fourth-order valence-corrected chi connectivity index (χ4v) is 3.12. The van der Waals surface area contributed by atoms with Gasteiger partial charge in [0, 0.05) is 9.85 Å². The highest BCUT2D eigenvalue weighted by molar-refractivity contribution is 14.1. The molecular formula is C12H7BrINO3S. The van der Waals surface area contributed by atoms with E-state index in [2.05, 4.69) is 43.8 Å². The van der Waals surface area contributed by atoms with Gasteiger partial charge >= 0.3 is 5.97 Å². The van der Waals surface area contributed by atoms with E-state index in [1.807, 2.05) is 0 Å². The molecule has 0 unspecified atom stereocenters. The number of rotatable bonds is 3. The molecule has 0 atom stereocenters. The summed E-state index contributed by atoms with van der Waals surface area (Å²) in [5, 5.41) is 13.4. The Labute approximate surface area is 135 Å². The number of hydrogen-bond acceptors (Lipinski definition) is 3. The Morgan fingerprint density at radius 3 is 2.63 bits per heavy atom. The molecule has 0 radical (unpaired) electrons. The van der Waals surface area contributed by atoms with E-state index in [0.29, 0.717) is 10.0 Å². The van der Waals surface area contributed by atoms with Crippen molar-refractivity contribution in [1.29, 1.82) is 0 Å². The second-order valence-electron chi connectivity index (χ2n) is 3.59. The zero-order valence-electron chi connectivity index (χ0n) is 9.31. The smallest absolute Gasteiger partial charge is 0.337 e. The number of carbonyl (C=O) groups is 2. The summed E-state index contributed by atoms with van der Waals surface area (Å²) < 4.78 is 1.70. The Balaban J connectivity index is 2.30. The number of benzene rings is 1. The summed E-state index contributed by atoms with van der Waals surface area (Å²) in [5.74, 6) is -1.40. The van der Waals surface area contributed by atoms with E-state index in [9.17, 15) is 9.59 Å². The lowest BCUT2D eigenvalue weighted by Crippen LogP contribution is -2.14. The summed E-state index contributed by atoms with van der Waals surface area (Å²) >= 11 is 6.83. The van der Waals surface area contributed by atoms with Gasteiger partial charge in [0.25, 0.3) is 5.91 Å². The van der Waals surface area contributed by atoms with Crippen molar-refractivity contribution in [3.8, 4) is 0 Å². The lowest BCUT2D eigenvalue weighted by Gasteiger charge is -2.08. The molecule has 0 aliphatic heterocycles. The van der Waals surface area contributed by atoms with E-state index in [1.54, 1.807) is 23.6 Å². The van der Waals surface area contributed by atoms with Crippen LogP contribution in [-0.2, 0) is 0 Å². The molecule has 0 fully saturated rings. The SMILES string of the molecule is O=C(Nc1cc(Br)ccc1C(=O)O)c1csc(I)c1. The zero-order valence-corrected chi connectivity index (χ0v) is 13.9. The number of halogens is 2. The molecule has 1 aromatic heterocycles. The van der Waals surface area contributed by atoms with Crippen LogP contribution in [-0.4, -0.2) is 17.0 Å². The van der Waals surface area contributed by atoms with Crippen LogP contribution in [0.15, 0.2) is 34.1 Å². The van der Waals surface area contributed by atoms with Crippen LogP contribution < -0.4 is 5.32 Å². The van der Waals surface area contributed by atoms with E-state index >= 15 is 0 Å². The number of thiophene rings is 1. The summed E-state index contributed by atoms with van der Waals surface area (Å²) in [7, 11) is 0. The molecule has 0 saturated carbocycles. The van der Waals surface area contributed by atoms with Crippen molar-refractivity contribution in [2.45, 2.75) is 0 Å². The minimum Gasteiger partial charge on any atom is -0.478 e. The molecule has 98 valence electrons. The van der Waals surface area contributed by atoms with Crippen molar-refractivity contribution in [3.05, 3.63) is 48.1 Å². The second-order valence-corrected chi connectivity index (χ2v) is 7.31. The Morgan fingerprint density at radius 2 is 2.05 bits per heavy atom. The molecule has 0 aliphatic rings. The first kappa shape index (κ1) is 14.5. The van der Waals surface area contributed by atoms with E-state index in [4.69, 9.17) is 5.11 Å². The molecule has 2 rings (SSSR count). The molecular weight excluding hydrogens is 445 g/mol. The molecule has 0 aliphatic carbocycles. The maximum atomic E-state index is 12.0. The van der Waals surface area contributed by atoms with Gasteiger partial charge in [-0.1, -0.05) is 15.9 Å². The number of carboxylic acid groups (broad SMARTS) is 1. The summed E-state index contributed by atoms with van der Waals surface area (Å²) in [6, 6.07) is 6.38. The standard InChI is InChI=1S/C12H7BrINO3S/c13-7-1-2-8(12(17)18)9(4-7)15-11(16)6-3-10(14)19-5-6/h1-5H,(H,15,16)(H,17,18). The Bertz CT molecular complexity index is 656. The first-order valence-electron chi connectivity index (χ1n) is 5.05. The molecule has 0 saturated heterocycles. The van der Waals surface area contributed by atoms with Crippen LogP contribution in [0.25, 0.3) is 0 Å². The quantitative estimate of drug-likeness (QED) is 0.691. The third-order valence-corrected chi connectivity index (χ3v) is 4.57. The van der Waals surface area contributed by atoms with Crippen molar-refractivity contribution in [3.63, 3.8) is 0 Å². The van der Waals surface area contributed by atoms with Crippen molar-refractivity contribution in [1.82, 2.24) is 0 Å². The van der Waals surface area contributed by atoms with Gasteiger partial charge in [0.2, 0.25) is 0 Å². The molecule has 1 heterocycles. The van der Waals surface area contributed by atoms with Gasteiger partial charge in [-0.25, -0.2) is 4.79 Å². The van der Waals surface area contributed by atoms with Gasteiger partial charge in [-0.3, -0.25) is 4.79 Å². The van der Waals surface area contributed by atoms with Crippen molar-refractivity contribution < 1.29 is 14.7 Å². The van der Waals surface area contributed by atoms with Crippen LogP contribution in [0.3, 0.4) is 0 Å². The number of anilines is 1. The predicted molar refractivity (Wildman–Crippen MR) is 86.1 cm³/mol. The van der Waals surface area contributed by atoms with Gasteiger partial charge in [-0.15, -0.1) is 11.3 Å². The highest BCUT2D eigenvalue weighted by Crippen LogP contribution is 2.23. The Hall–Kier alpha value is -0.930. The number of amides is 1.